The summed E-state index contributed by atoms with van der Waals surface area (Å²) in [5.74, 6) is -0.888. The third-order valence-corrected chi connectivity index (χ3v) is 6.63. The van der Waals surface area contributed by atoms with Crippen molar-refractivity contribution in [2.24, 2.45) is 0 Å². The van der Waals surface area contributed by atoms with E-state index in [0.29, 0.717) is 11.4 Å². The van der Waals surface area contributed by atoms with Crippen molar-refractivity contribution in [2.45, 2.75) is 46.3 Å². The molecule has 3 heterocycles. The average Bonchev–Trinajstić information content (AvgIpc) is 2.93. The van der Waals surface area contributed by atoms with Crippen LogP contribution in [0.25, 0.3) is 33.3 Å². The number of rotatable bonds is 6. The van der Waals surface area contributed by atoms with E-state index in [2.05, 4.69) is 32.6 Å². The number of halogens is 2. The third kappa shape index (κ3) is 6.33. The van der Waals surface area contributed by atoms with Gasteiger partial charge in [-0.25, -0.2) is 19.2 Å². The van der Waals surface area contributed by atoms with Gasteiger partial charge in [0.15, 0.2) is 5.69 Å². The summed E-state index contributed by atoms with van der Waals surface area (Å²) in [6.45, 7) is 9.40. The molecule has 1 atom stereocenters. The molecule has 0 saturated carbocycles. The topological polar surface area (TPSA) is 89.9 Å². The summed E-state index contributed by atoms with van der Waals surface area (Å²) in [7, 11) is 0. The summed E-state index contributed by atoms with van der Waals surface area (Å²) in [6, 6.07) is 17.4. The van der Waals surface area contributed by atoms with Crippen LogP contribution in [0.2, 0.25) is 5.15 Å². The molecule has 0 bridgehead atoms. The second-order valence-corrected chi connectivity index (χ2v) is 11.2. The van der Waals surface area contributed by atoms with Gasteiger partial charge in [-0.2, -0.15) is 10.2 Å². The molecule has 9 heteroatoms. The van der Waals surface area contributed by atoms with Crippen molar-refractivity contribution in [2.75, 3.05) is 5.32 Å². The summed E-state index contributed by atoms with van der Waals surface area (Å²) in [4.78, 5) is 22.3. The minimum absolute atomic E-state index is 0.105. The van der Waals surface area contributed by atoms with E-state index in [9.17, 15) is 9.18 Å². The number of fused-ring (bicyclic) bond motifs is 1. The summed E-state index contributed by atoms with van der Waals surface area (Å²) >= 11 is 6.15. The van der Waals surface area contributed by atoms with E-state index in [0.717, 1.165) is 38.7 Å². The Morgan fingerprint density at radius 1 is 0.976 bits per heavy atom. The summed E-state index contributed by atoms with van der Waals surface area (Å²) < 4.78 is 19.4. The van der Waals surface area contributed by atoms with E-state index in [-0.39, 0.29) is 22.7 Å². The first-order chi connectivity index (χ1) is 19.5. The number of nitrogens with zero attached hydrogens (tertiary/aromatic N) is 4. The number of benzene rings is 2. The molecule has 41 heavy (non-hydrogen) atoms. The Labute approximate surface area is 242 Å². The molecule has 0 aliphatic rings. The standard InChI is InChI=1S/C32H29ClFN5O2/c1-18-14-23(19(2)37-26-10-11-28(33)39-30(26)31(40)41-32(3,4)5)25-16-24(20-6-8-22(34)9-7-20)29(38-27(25)15-18)21-12-13-35-36-17-21/h6-17,19,37H,1-5H3. The van der Waals surface area contributed by atoms with Crippen LogP contribution in [0.5, 0.6) is 0 Å². The quantitative estimate of drug-likeness (QED) is 0.164. The molecule has 7 nitrogen and oxygen atoms in total. The van der Waals surface area contributed by atoms with E-state index >= 15 is 0 Å². The molecule has 1 N–H and O–H groups in total. The van der Waals surface area contributed by atoms with Gasteiger partial charge in [-0.1, -0.05) is 29.8 Å². The fourth-order valence-electron chi connectivity index (χ4n) is 4.65. The fourth-order valence-corrected chi connectivity index (χ4v) is 4.80. The molecular weight excluding hydrogens is 541 g/mol. The molecule has 1 unspecified atom stereocenters. The van der Waals surface area contributed by atoms with Crippen LogP contribution in [0.3, 0.4) is 0 Å². The smallest absolute Gasteiger partial charge is 0.359 e. The second-order valence-electron chi connectivity index (χ2n) is 10.8. The first-order valence-corrected chi connectivity index (χ1v) is 13.5. The third-order valence-electron chi connectivity index (χ3n) is 6.42. The first-order valence-electron chi connectivity index (χ1n) is 13.1. The van der Waals surface area contributed by atoms with Gasteiger partial charge in [0.05, 0.1) is 29.3 Å². The predicted molar refractivity (Wildman–Crippen MR) is 159 cm³/mol. The summed E-state index contributed by atoms with van der Waals surface area (Å²) in [5, 5.41) is 12.5. The Kier molecular flexibility index (Phi) is 7.69. The largest absolute Gasteiger partial charge is 0.455 e. The van der Waals surface area contributed by atoms with Gasteiger partial charge >= 0.3 is 5.97 Å². The molecular formula is C32H29ClFN5O2. The highest BCUT2D eigenvalue weighted by atomic mass is 35.5. The number of nitrogens with one attached hydrogen (secondary N) is 1. The molecule has 5 rings (SSSR count). The van der Waals surface area contributed by atoms with Crippen molar-refractivity contribution in [1.82, 2.24) is 20.2 Å². The number of esters is 1. The van der Waals surface area contributed by atoms with Crippen molar-refractivity contribution < 1.29 is 13.9 Å². The molecule has 0 radical (unpaired) electrons. The lowest BCUT2D eigenvalue weighted by Gasteiger charge is -2.23. The van der Waals surface area contributed by atoms with Crippen LogP contribution in [0.15, 0.2) is 73.1 Å². The Morgan fingerprint density at radius 3 is 2.41 bits per heavy atom. The van der Waals surface area contributed by atoms with E-state index in [1.807, 2.05) is 26.0 Å². The zero-order chi connectivity index (χ0) is 29.3. The monoisotopic (exact) mass is 569 g/mol. The van der Waals surface area contributed by atoms with Crippen molar-refractivity contribution in [1.29, 1.82) is 0 Å². The predicted octanol–water partition coefficient (Wildman–Crippen LogP) is 7.98. The molecule has 0 fully saturated rings. The molecule has 0 saturated heterocycles. The molecule has 5 aromatic rings. The maximum Gasteiger partial charge on any atom is 0.359 e. The van der Waals surface area contributed by atoms with Crippen LogP contribution < -0.4 is 5.32 Å². The number of hydrogen-bond donors (Lipinski definition) is 1. The molecule has 0 aliphatic carbocycles. The number of carbonyl (C=O) groups is 1. The van der Waals surface area contributed by atoms with Gasteiger partial charge in [-0.3, -0.25) is 0 Å². The highest BCUT2D eigenvalue weighted by molar-refractivity contribution is 6.29. The molecule has 0 spiro atoms. The minimum atomic E-state index is -0.693. The van der Waals surface area contributed by atoms with E-state index in [4.69, 9.17) is 21.3 Å². The van der Waals surface area contributed by atoms with Crippen molar-refractivity contribution in [3.8, 4) is 22.4 Å². The number of anilines is 1. The van der Waals surface area contributed by atoms with Gasteiger partial charge in [0, 0.05) is 22.6 Å². The highest BCUT2D eigenvalue weighted by Crippen LogP contribution is 2.37. The van der Waals surface area contributed by atoms with Crippen molar-refractivity contribution in [3.63, 3.8) is 0 Å². The fraction of sp³-hybridized carbons (Fsp3) is 0.219. The number of ether oxygens (including phenoxy) is 1. The molecule has 3 aromatic heterocycles. The van der Waals surface area contributed by atoms with Crippen molar-refractivity contribution in [3.05, 3.63) is 101 Å². The lowest BCUT2D eigenvalue weighted by molar-refractivity contribution is 0.00640. The number of aromatic nitrogens is 4. The van der Waals surface area contributed by atoms with Crippen LogP contribution in [-0.4, -0.2) is 31.7 Å². The lowest BCUT2D eigenvalue weighted by Crippen LogP contribution is -2.25. The van der Waals surface area contributed by atoms with Crippen LogP contribution in [0.1, 0.15) is 55.4 Å². The number of carbonyl (C=O) groups excluding carboxylic acids is 1. The summed E-state index contributed by atoms with van der Waals surface area (Å²) in [6.07, 6.45) is 3.28. The zero-order valence-corrected chi connectivity index (χ0v) is 24.1. The van der Waals surface area contributed by atoms with Gasteiger partial charge in [0.25, 0.3) is 0 Å². The average molecular weight is 570 g/mol. The number of hydrogen-bond acceptors (Lipinski definition) is 7. The summed E-state index contributed by atoms with van der Waals surface area (Å²) in [5.41, 5.74) is 5.82. The van der Waals surface area contributed by atoms with E-state index < -0.39 is 11.6 Å². The van der Waals surface area contributed by atoms with E-state index in [1.54, 1.807) is 57.4 Å². The van der Waals surface area contributed by atoms with Crippen LogP contribution >= 0.6 is 11.6 Å². The second kappa shape index (κ2) is 11.2. The highest BCUT2D eigenvalue weighted by Gasteiger charge is 2.24. The normalized spacial score (nSPS) is 12.3. The van der Waals surface area contributed by atoms with Gasteiger partial charge in [0.1, 0.15) is 16.6 Å². The number of aryl methyl sites for hydroxylation is 1. The Bertz CT molecular complexity index is 1740. The Morgan fingerprint density at radius 2 is 1.73 bits per heavy atom. The first kappa shape index (κ1) is 28.1. The lowest BCUT2D eigenvalue weighted by atomic mass is 9.93. The maximum atomic E-state index is 13.8. The molecule has 0 amide bonds. The van der Waals surface area contributed by atoms with Crippen LogP contribution in [0, 0.1) is 12.7 Å². The van der Waals surface area contributed by atoms with Gasteiger partial charge in [-0.05, 0) is 93.8 Å². The Balaban J connectivity index is 1.63. The molecule has 208 valence electrons. The Hall–Kier alpha value is -4.43. The van der Waals surface area contributed by atoms with Gasteiger partial charge in [0.2, 0.25) is 0 Å². The van der Waals surface area contributed by atoms with Gasteiger partial charge < -0.3 is 10.1 Å². The minimum Gasteiger partial charge on any atom is -0.455 e. The molecule has 0 aliphatic heterocycles. The van der Waals surface area contributed by atoms with Gasteiger partial charge in [-0.15, -0.1) is 0 Å². The molecule has 2 aromatic carbocycles. The maximum absolute atomic E-state index is 13.8. The SMILES string of the molecule is Cc1cc(C(C)Nc2ccc(Cl)nc2C(=O)OC(C)(C)C)c2cc(-c3ccc(F)cc3)c(-c3ccnnc3)nc2c1. The zero-order valence-electron chi connectivity index (χ0n) is 23.4. The van der Waals surface area contributed by atoms with Crippen LogP contribution in [0.4, 0.5) is 10.1 Å². The van der Waals surface area contributed by atoms with Crippen LogP contribution in [-0.2, 0) is 4.74 Å². The number of pyridine rings is 2. The van der Waals surface area contributed by atoms with E-state index in [1.165, 1.54) is 12.1 Å². The van der Waals surface area contributed by atoms with Crippen molar-refractivity contribution >= 4 is 34.2 Å².